The molecular weight excluding hydrogens is 392 g/mol. The normalized spacial score (nSPS) is 22.3. The van der Waals surface area contributed by atoms with E-state index < -0.39 is 5.54 Å². The van der Waals surface area contributed by atoms with Crippen molar-refractivity contribution in [2.24, 2.45) is 5.41 Å². The molecule has 1 saturated heterocycles. The van der Waals surface area contributed by atoms with Gasteiger partial charge in [0.1, 0.15) is 5.52 Å². The van der Waals surface area contributed by atoms with Gasteiger partial charge in [-0.3, -0.25) is 4.90 Å². The van der Waals surface area contributed by atoms with Gasteiger partial charge in [-0.15, -0.1) is 0 Å². The van der Waals surface area contributed by atoms with Crippen LogP contribution in [0.1, 0.15) is 50.5 Å². The summed E-state index contributed by atoms with van der Waals surface area (Å²) >= 11 is 6.57. The highest BCUT2D eigenvalue weighted by atomic mass is 35.5. The minimum Gasteiger partial charge on any atom is -0.439 e. The Bertz CT molecular complexity index is 962. The molecule has 0 atom stereocenters. The monoisotopic (exact) mass is 418 g/mol. The molecule has 0 unspecified atom stereocenters. The van der Waals surface area contributed by atoms with Gasteiger partial charge in [0.25, 0.3) is 0 Å². The molecule has 1 aromatic heterocycles. The molecule has 3 aliphatic rings. The van der Waals surface area contributed by atoms with Crippen LogP contribution in [0.25, 0.3) is 11.1 Å². The molecule has 1 saturated carbocycles. The first kappa shape index (κ1) is 19.2. The van der Waals surface area contributed by atoms with Gasteiger partial charge < -0.3 is 19.8 Å². The maximum absolute atomic E-state index is 12.4. The SMILES string of the molecule is CN(Cc1nc2cc(Cl)c3c(c2o1)C1(CCCCC1)NC(=O)N3)CC1(C)COC1. The standard InChI is InChI=1S/C21H27ClN4O3/c1-20(11-28-12-20)10-26(2)9-15-23-14-8-13(22)17-16(18(14)29-15)21(25-19(27)24-17)6-4-3-5-7-21/h8H,3-7,9-12H2,1-2H3,(H2,24,25,27). The van der Waals surface area contributed by atoms with E-state index in [1.54, 1.807) is 6.07 Å². The minimum atomic E-state index is -0.432. The highest BCUT2D eigenvalue weighted by Gasteiger charge is 2.44. The Morgan fingerprint density at radius 1 is 1.28 bits per heavy atom. The number of rotatable bonds is 4. The molecule has 0 radical (unpaired) electrons. The van der Waals surface area contributed by atoms with Gasteiger partial charge in [-0.25, -0.2) is 9.78 Å². The summed E-state index contributed by atoms with van der Waals surface area (Å²) in [6, 6.07) is 1.60. The summed E-state index contributed by atoms with van der Waals surface area (Å²) in [7, 11) is 2.07. The number of carbonyl (C=O) groups is 1. The van der Waals surface area contributed by atoms with Crippen LogP contribution in [0.5, 0.6) is 0 Å². The number of amides is 2. The number of urea groups is 1. The third-order valence-electron chi connectivity index (χ3n) is 6.41. The fourth-order valence-electron chi connectivity index (χ4n) is 5.16. The molecule has 5 rings (SSSR count). The first-order chi connectivity index (χ1) is 13.9. The second-order valence-corrected chi connectivity index (χ2v) is 9.67. The second kappa shape index (κ2) is 6.86. The summed E-state index contributed by atoms with van der Waals surface area (Å²) in [5.74, 6) is 0.665. The quantitative estimate of drug-likeness (QED) is 0.776. The van der Waals surface area contributed by atoms with Gasteiger partial charge in [0.2, 0.25) is 5.89 Å². The third kappa shape index (κ3) is 3.29. The van der Waals surface area contributed by atoms with E-state index in [1.807, 2.05) is 0 Å². The van der Waals surface area contributed by atoms with Crippen molar-refractivity contribution in [3.05, 3.63) is 22.5 Å². The summed E-state index contributed by atoms with van der Waals surface area (Å²) < 4.78 is 11.7. The Hall–Kier alpha value is -1.83. The number of benzene rings is 1. The largest absolute Gasteiger partial charge is 0.439 e. The van der Waals surface area contributed by atoms with Crippen molar-refractivity contribution < 1.29 is 13.9 Å². The van der Waals surface area contributed by atoms with E-state index in [-0.39, 0.29) is 11.4 Å². The van der Waals surface area contributed by atoms with Crippen molar-refractivity contribution in [1.29, 1.82) is 0 Å². The summed E-state index contributed by atoms with van der Waals surface area (Å²) in [4.78, 5) is 19.3. The number of ether oxygens (including phenoxy) is 1. The van der Waals surface area contributed by atoms with Crippen molar-refractivity contribution in [2.75, 3.05) is 32.1 Å². The van der Waals surface area contributed by atoms with Crippen LogP contribution in [-0.2, 0) is 16.8 Å². The second-order valence-electron chi connectivity index (χ2n) is 9.26. The molecule has 2 N–H and O–H groups in total. The van der Waals surface area contributed by atoms with Gasteiger partial charge in [-0.05, 0) is 26.0 Å². The van der Waals surface area contributed by atoms with E-state index in [9.17, 15) is 4.79 Å². The molecule has 2 amide bonds. The lowest BCUT2D eigenvalue weighted by molar-refractivity contribution is -0.113. The van der Waals surface area contributed by atoms with Crippen LogP contribution < -0.4 is 10.6 Å². The number of aromatic nitrogens is 1. The first-order valence-corrected chi connectivity index (χ1v) is 10.7. The number of oxazole rings is 1. The van der Waals surface area contributed by atoms with Crippen LogP contribution in [-0.4, -0.2) is 42.7 Å². The van der Waals surface area contributed by atoms with Gasteiger partial charge in [0.05, 0.1) is 36.0 Å². The van der Waals surface area contributed by atoms with E-state index in [2.05, 4.69) is 29.5 Å². The van der Waals surface area contributed by atoms with Gasteiger partial charge in [0, 0.05) is 17.5 Å². The lowest BCUT2D eigenvalue weighted by Crippen LogP contribution is -2.52. The summed E-state index contributed by atoms with van der Waals surface area (Å²) in [6.07, 6.45) is 5.09. The zero-order valence-corrected chi connectivity index (χ0v) is 17.7. The summed E-state index contributed by atoms with van der Waals surface area (Å²) in [5, 5.41) is 6.59. The molecule has 2 fully saturated rings. The topological polar surface area (TPSA) is 79.6 Å². The predicted molar refractivity (Wildman–Crippen MR) is 111 cm³/mol. The van der Waals surface area contributed by atoms with Crippen molar-refractivity contribution in [1.82, 2.24) is 15.2 Å². The fraction of sp³-hybridized carbons (Fsp3) is 0.619. The van der Waals surface area contributed by atoms with E-state index in [4.69, 9.17) is 25.7 Å². The molecule has 29 heavy (non-hydrogen) atoms. The molecule has 2 aromatic rings. The molecule has 1 aromatic carbocycles. The number of fused-ring (bicyclic) bond motifs is 4. The van der Waals surface area contributed by atoms with Crippen LogP contribution in [0.3, 0.4) is 0 Å². The third-order valence-corrected chi connectivity index (χ3v) is 6.71. The Morgan fingerprint density at radius 2 is 2.03 bits per heavy atom. The van der Waals surface area contributed by atoms with Crippen LogP contribution in [0.4, 0.5) is 10.5 Å². The number of halogens is 1. The molecular formula is C21H27ClN4O3. The Balaban J connectivity index is 1.53. The van der Waals surface area contributed by atoms with Crippen LogP contribution in [0.2, 0.25) is 5.02 Å². The van der Waals surface area contributed by atoms with E-state index >= 15 is 0 Å². The number of hydrogen-bond donors (Lipinski definition) is 2. The van der Waals surface area contributed by atoms with E-state index in [0.717, 1.165) is 62.1 Å². The summed E-state index contributed by atoms with van der Waals surface area (Å²) in [5.41, 5.74) is 2.88. The maximum atomic E-state index is 12.4. The van der Waals surface area contributed by atoms with Crippen molar-refractivity contribution in [3.63, 3.8) is 0 Å². The van der Waals surface area contributed by atoms with Crippen LogP contribution in [0, 0.1) is 5.41 Å². The molecule has 156 valence electrons. The van der Waals surface area contributed by atoms with Gasteiger partial charge in [0.15, 0.2) is 5.58 Å². The number of anilines is 1. The first-order valence-electron chi connectivity index (χ1n) is 10.4. The zero-order chi connectivity index (χ0) is 20.2. The molecule has 1 aliphatic carbocycles. The zero-order valence-electron chi connectivity index (χ0n) is 16.9. The molecule has 8 heteroatoms. The minimum absolute atomic E-state index is 0.198. The molecule has 2 aliphatic heterocycles. The van der Waals surface area contributed by atoms with E-state index in [1.165, 1.54) is 6.42 Å². The van der Waals surface area contributed by atoms with Crippen molar-refractivity contribution in [3.8, 4) is 0 Å². The average molecular weight is 419 g/mol. The summed E-state index contributed by atoms with van der Waals surface area (Å²) in [6.45, 7) is 5.36. The molecule has 7 nitrogen and oxygen atoms in total. The molecule has 1 spiro atoms. The highest BCUT2D eigenvalue weighted by Crippen LogP contribution is 2.48. The number of nitrogens with one attached hydrogen (secondary N) is 2. The van der Waals surface area contributed by atoms with Crippen LogP contribution in [0.15, 0.2) is 10.5 Å². The average Bonchev–Trinajstić information content (AvgIpc) is 3.02. The van der Waals surface area contributed by atoms with E-state index in [0.29, 0.717) is 23.1 Å². The number of nitrogens with zero attached hydrogens (tertiary/aromatic N) is 2. The smallest absolute Gasteiger partial charge is 0.319 e. The highest BCUT2D eigenvalue weighted by molar-refractivity contribution is 6.35. The lowest BCUT2D eigenvalue weighted by Gasteiger charge is -2.42. The van der Waals surface area contributed by atoms with Gasteiger partial charge in [-0.1, -0.05) is 37.8 Å². The predicted octanol–water partition coefficient (Wildman–Crippen LogP) is 4.24. The molecule has 3 heterocycles. The van der Waals surface area contributed by atoms with Crippen LogP contribution >= 0.6 is 11.6 Å². The Morgan fingerprint density at radius 3 is 2.72 bits per heavy atom. The molecule has 0 bridgehead atoms. The van der Waals surface area contributed by atoms with Crippen molar-refractivity contribution in [2.45, 2.75) is 51.1 Å². The fourth-order valence-corrected chi connectivity index (χ4v) is 5.41. The Kier molecular flexibility index (Phi) is 4.53. The number of hydrogen-bond acceptors (Lipinski definition) is 5. The lowest BCUT2D eigenvalue weighted by atomic mass is 9.74. The maximum Gasteiger partial charge on any atom is 0.319 e. The van der Waals surface area contributed by atoms with Gasteiger partial charge >= 0.3 is 6.03 Å². The number of carbonyl (C=O) groups excluding carboxylic acids is 1. The Labute approximate surface area is 175 Å². The van der Waals surface area contributed by atoms with Gasteiger partial charge in [-0.2, -0.15) is 0 Å². The van der Waals surface area contributed by atoms with Crippen molar-refractivity contribution >= 4 is 34.4 Å².